The molecule has 0 radical (unpaired) electrons. The number of carbonyl (C=O) groups is 2. The van der Waals surface area contributed by atoms with Gasteiger partial charge in [0.05, 0.1) is 11.4 Å². The van der Waals surface area contributed by atoms with Crippen LogP contribution in [0.4, 0.5) is 9.18 Å². The summed E-state index contributed by atoms with van der Waals surface area (Å²) in [4.78, 5) is 23.7. The van der Waals surface area contributed by atoms with Crippen molar-refractivity contribution in [1.82, 2.24) is 4.90 Å². The largest absolute Gasteiger partial charge is 0.479 e. The zero-order valence-electron chi connectivity index (χ0n) is 15.6. The fourth-order valence-electron chi connectivity index (χ4n) is 3.31. The number of carboxylic acids is 1. The first-order valence-electron chi connectivity index (χ1n) is 8.82. The van der Waals surface area contributed by atoms with Gasteiger partial charge in [0, 0.05) is 6.54 Å². The van der Waals surface area contributed by atoms with Gasteiger partial charge in [-0.05, 0) is 42.8 Å². The lowest BCUT2D eigenvalue weighted by Gasteiger charge is -2.40. The molecule has 2 aromatic rings. The van der Waals surface area contributed by atoms with Crippen LogP contribution in [-0.4, -0.2) is 59.5 Å². The SMILES string of the molecule is NC(=O)N1CCC(S(=O)(=O)c2ccc(Oc3ccccc3F)cc2)C(O)(C(=O)O)C1. The van der Waals surface area contributed by atoms with Crippen LogP contribution in [0.2, 0.25) is 0 Å². The smallest absolute Gasteiger partial charge is 0.338 e. The van der Waals surface area contributed by atoms with Crippen molar-refractivity contribution in [1.29, 1.82) is 0 Å². The molecule has 30 heavy (non-hydrogen) atoms. The number of amides is 2. The van der Waals surface area contributed by atoms with Crippen molar-refractivity contribution >= 4 is 21.8 Å². The highest BCUT2D eigenvalue weighted by Crippen LogP contribution is 2.33. The van der Waals surface area contributed by atoms with Gasteiger partial charge in [-0.2, -0.15) is 0 Å². The molecule has 0 spiro atoms. The number of hydrogen-bond acceptors (Lipinski definition) is 6. The lowest BCUT2D eigenvalue weighted by atomic mass is 9.92. The number of piperidine rings is 1. The molecule has 0 saturated carbocycles. The monoisotopic (exact) mass is 438 g/mol. The molecular weight excluding hydrogens is 419 g/mol. The van der Waals surface area contributed by atoms with Crippen molar-refractivity contribution in [3.63, 3.8) is 0 Å². The van der Waals surface area contributed by atoms with Crippen molar-refractivity contribution in [3.8, 4) is 11.5 Å². The third kappa shape index (κ3) is 3.94. The number of carboxylic acid groups (broad SMARTS) is 1. The molecule has 2 unspecified atom stereocenters. The van der Waals surface area contributed by atoms with Crippen LogP contribution in [0.5, 0.6) is 11.5 Å². The van der Waals surface area contributed by atoms with Crippen LogP contribution in [0.1, 0.15) is 6.42 Å². The summed E-state index contributed by atoms with van der Waals surface area (Å²) in [6, 6.07) is 9.64. The molecule has 2 aromatic carbocycles. The molecule has 1 heterocycles. The van der Waals surface area contributed by atoms with Gasteiger partial charge in [0.1, 0.15) is 11.0 Å². The summed E-state index contributed by atoms with van der Waals surface area (Å²) in [6.45, 7) is -0.876. The molecule has 1 saturated heterocycles. The maximum Gasteiger partial charge on any atom is 0.338 e. The number of rotatable bonds is 5. The second kappa shape index (κ2) is 7.92. The number of sulfone groups is 1. The molecule has 4 N–H and O–H groups in total. The number of carbonyl (C=O) groups excluding carboxylic acids is 1. The van der Waals surface area contributed by atoms with Gasteiger partial charge in [-0.25, -0.2) is 22.4 Å². The van der Waals surface area contributed by atoms with E-state index in [1.54, 1.807) is 6.07 Å². The Balaban J connectivity index is 1.88. The van der Waals surface area contributed by atoms with Crippen LogP contribution in [0.25, 0.3) is 0 Å². The van der Waals surface area contributed by atoms with Gasteiger partial charge < -0.3 is 25.6 Å². The van der Waals surface area contributed by atoms with Crippen molar-refractivity contribution in [2.75, 3.05) is 13.1 Å². The number of aliphatic hydroxyl groups is 1. The fourth-order valence-corrected chi connectivity index (χ4v) is 5.25. The highest BCUT2D eigenvalue weighted by Gasteiger charge is 2.55. The molecule has 1 fully saturated rings. The minimum Gasteiger partial charge on any atom is -0.479 e. The number of primary amides is 1. The Kier molecular flexibility index (Phi) is 5.68. The lowest BCUT2D eigenvalue weighted by molar-refractivity contribution is -0.162. The molecule has 0 aromatic heterocycles. The van der Waals surface area contributed by atoms with E-state index < -0.39 is 45.1 Å². The maximum atomic E-state index is 13.7. The van der Waals surface area contributed by atoms with Crippen LogP contribution < -0.4 is 10.5 Å². The second-order valence-electron chi connectivity index (χ2n) is 6.82. The Morgan fingerprint density at radius 2 is 1.80 bits per heavy atom. The van der Waals surface area contributed by atoms with Gasteiger partial charge in [0.25, 0.3) is 0 Å². The normalized spacial score (nSPS) is 21.8. The van der Waals surface area contributed by atoms with Crippen molar-refractivity contribution in [2.45, 2.75) is 22.2 Å². The molecule has 0 aliphatic carbocycles. The average Bonchev–Trinajstić information content (AvgIpc) is 2.69. The summed E-state index contributed by atoms with van der Waals surface area (Å²) < 4.78 is 45.2. The number of halogens is 1. The predicted molar refractivity (Wildman–Crippen MR) is 102 cm³/mol. The molecule has 2 amide bonds. The van der Waals surface area contributed by atoms with E-state index in [9.17, 15) is 32.6 Å². The summed E-state index contributed by atoms with van der Waals surface area (Å²) in [5.74, 6) is -2.26. The molecule has 11 heteroatoms. The topological polar surface area (TPSA) is 147 Å². The number of nitrogens with two attached hydrogens (primary N) is 1. The van der Waals surface area contributed by atoms with E-state index in [-0.39, 0.29) is 29.4 Å². The second-order valence-corrected chi connectivity index (χ2v) is 8.95. The van der Waals surface area contributed by atoms with Gasteiger partial charge in [0.2, 0.25) is 0 Å². The van der Waals surface area contributed by atoms with Gasteiger partial charge in [-0.1, -0.05) is 12.1 Å². The van der Waals surface area contributed by atoms with E-state index in [1.165, 1.54) is 42.5 Å². The van der Waals surface area contributed by atoms with Crippen LogP contribution in [0, 0.1) is 5.82 Å². The van der Waals surface area contributed by atoms with Crippen molar-refractivity contribution < 1.29 is 37.3 Å². The van der Waals surface area contributed by atoms with Gasteiger partial charge in [-0.3, -0.25) is 0 Å². The van der Waals surface area contributed by atoms with E-state index in [0.29, 0.717) is 0 Å². The van der Waals surface area contributed by atoms with Crippen molar-refractivity contribution in [3.05, 3.63) is 54.3 Å². The Morgan fingerprint density at radius 1 is 1.17 bits per heavy atom. The number of ether oxygens (including phenoxy) is 1. The Labute approximate surface area is 171 Å². The first kappa shape index (κ1) is 21.5. The molecule has 0 bridgehead atoms. The van der Waals surface area contributed by atoms with Crippen LogP contribution >= 0.6 is 0 Å². The Bertz CT molecular complexity index is 1070. The minimum atomic E-state index is -4.30. The molecule has 2 atom stereocenters. The number of urea groups is 1. The van der Waals surface area contributed by atoms with E-state index in [4.69, 9.17) is 10.5 Å². The molecule has 1 aliphatic rings. The third-order valence-electron chi connectivity index (χ3n) is 4.90. The van der Waals surface area contributed by atoms with Crippen LogP contribution in [0.15, 0.2) is 53.4 Å². The quantitative estimate of drug-likeness (QED) is 0.638. The van der Waals surface area contributed by atoms with Gasteiger partial charge in [-0.15, -0.1) is 0 Å². The highest BCUT2D eigenvalue weighted by atomic mass is 32.2. The fraction of sp³-hybridized carbons (Fsp3) is 0.263. The zero-order valence-corrected chi connectivity index (χ0v) is 16.4. The average molecular weight is 438 g/mol. The van der Waals surface area contributed by atoms with E-state index in [1.807, 2.05) is 0 Å². The van der Waals surface area contributed by atoms with E-state index in [2.05, 4.69) is 0 Å². The van der Waals surface area contributed by atoms with Gasteiger partial charge >= 0.3 is 12.0 Å². The molecule has 1 aliphatic heterocycles. The van der Waals surface area contributed by atoms with Crippen LogP contribution in [-0.2, 0) is 14.6 Å². The number of likely N-dealkylation sites (tertiary alicyclic amines) is 1. The summed E-state index contributed by atoms with van der Waals surface area (Å²) in [5, 5.41) is 18.4. The summed E-state index contributed by atoms with van der Waals surface area (Å²) in [6.07, 6.45) is -0.318. The first-order valence-corrected chi connectivity index (χ1v) is 10.4. The maximum absolute atomic E-state index is 13.7. The summed E-state index contributed by atoms with van der Waals surface area (Å²) in [7, 11) is -4.30. The number of β-amino-alcohol motifs (C(OH)–C–C–N with tert-alkyl or cyclic N) is 1. The molecule has 160 valence electrons. The summed E-state index contributed by atoms with van der Waals surface area (Å²) in [5.41, 5.74) is 2.41. The standard InChI is InChI=1S/C19H19FN2O7S/c20-14-3-1-2-4-15(14)29-12-5-7-13(8-6-12)30(27,28)16-9-10-22(18(21)25)11-19(16,26)17(23)24/h1-8,16,26H,9-11H2,(H2,21,25)(H,23,24). The summed E-state index contributed by atoms with van der Waals surface area (Å²) >= 11 is 0. The third-order valence-corrected chi connectivity index (χ3v) is 7.20. The highest BCUT2D eigenvalue weighted by molar-refractivity contribution is 7.92. The lowest BCUT2D eigenvalue weighted by Crippen LogP contribution is -2.65. The number of aliphatic carboxylic acids is 1. The Hall–Kier alpha value is -3.18. The van der Waals surface area contributed by atoms with Crippen molar-refractivity contribution in [2.24, 2.45) is 5.73 Å². The van der Waals surface area contributed by atoms with Crippen LogP contribution in [0.3, 0.4) is 0 Å². The molecule has 9 nitrogen and oxygen atoms in total. The molecule has 3 rings (SSSR count). The first-order chi connectivity index (χ1) is 14.1. The Morgan fingerprint density at radius 3 is 2.37 bits per heavy atom. The molecular formula is C19H19FN2O7S. The number of para-hydroxylation sites is 1. The predicted octanol–water partition coefficient (Wildman–Crippen LogP) is 1.36. The van der Waals surface area contributed by atoms with E-state index >= 15 is 0 Å². The van der Waals surface area contributed by atoms with Gasteiger partial charge in [0.15, 0.2) is 27.0 Å². The number of nitrogens with zero attached hydrogens (tertiary/aromatic N) is 1. The van der Waals surface area contributed by atoms with E-state index in [0.717, 1.165) is 4.90 Å². The zero-order chi connectivity index (χ0) is 22.1. The minimum absolute atomic E-state index is 0.0489. The number of hydrogen-bond donors (Lipinski definition) is 3. The number of benzene rings is 2.